The second-order valence-electron chi connectivity index (χ2n) is 3.60. The summed E-state index contributed by atoms with van der Waals surface area (Å²) in [6.45, 7) is 3.67. The van der Waals surface area contributed by atoms with Crippen molar-refractivity contribution in [3.05, 3.63) is 0 Å². The van der Waals surface area contributed by atoms with Crippen molar-refractivity contribution in [2.24, 2.45) is 0 Å². The Morgan fingerprint density at radius 3 is 2.12 bits per heavy atom. The molecule has 16 heavy (non-hydrogen) atoms. The molecule has 5 nitrogen and oxygen atoms in total. The van der Waals surface area contributed by atoms with Crippen LogP contribution in [0, 0.1) is 0 Å². The summed E-state index contributed by atoms with van der Waals surface area (Å²) in [5.74, 6) is 0. The molecule has 0 saturated carbocycles. The number of rotatable bonds is 13. The lowest BCUT2D eigenvalue weighted by atomic mass is 10.1. The standard InChI is InChI=1S/C11H21O5/c1-2-3-4-5-6-7-8-9-10-13-15-16-14-11-12/h2-10H2,1H3. The first kappa shape index (κ1) is 15.3. The van der Waals surface area contributed by atoms with Gasteiger partial charge < -0.3 is 0 Å². The second kappa shape index (κ2) is 14.3. The third-order valence-electron chi connectivity index (χ3n) is 2.23. The predicted molar refractivity (Wildman–Crippen MR) is 57.5 cm³/mol. The minimum Gasteiger partial charge on any atom is -0.253 e. The third kappa shape index (κ3) is 13.4. The zero-order valence-electron chi connectivity index (χ0n) is 9.91. The molecule has 0 spiro atoms. The fourth-order valence-electron chi connectivity index (χ4n) is 1.38. The quantitative estimate of drug-likeness (QED) is 0.278. The summed E-state index contributed by atoms with van der Waals surface area (Å²) in [6.07, 6.45) is 9.78. The van der Waals surface area contributed by atoms with Crippen molar-refractivity contribution in [2.75, 3.05) is 6.61 Å². The van der Waals surface area contributed by atoms with Crippen molar-refractivity contribution in [1.82, 2.24) is 0 Å². The summed E-state index contributed by atoms with van der Waals surface area (Å²) in [6, 6.07) is 0. The van der Waals surface area contributed by atoms with Gasteiger partial charge in [-0.15, -0.1) is 0 Å². The molecule has 0 bridgehead atoms. The van der Waals surface area contributed by atoms with Crippen molar-refractivity contribution < 1.29 is 24.6 Å². The number of unbranched alkanes of at least 4 members (excludes halogenated alkanes) is 7. The van der Waals surface area contributed by atoms with Crippen LogP contribution in [0.3, 0.4) is 0 Å². The highest BCUT2D eigenvalue weighted by molar-refractivity contribution is 5.36. The molecule has 0 N–H and O–H groups in total. The Morgan fingerprint density at radius 1 is 0.875 bits per heavy atom. The minimum atomic E-state index is 0.428. The van der Waals surface area contributed by atoms with E-state index in [1.807, 2.05) is 0 Å². The average Bonchev–Trinajstić information content (AvgIpc) is 2.31. The largest absolute Gasteiger partial charge is 0.456 e. The summed E-state index contributed by atoms with van der Waals surface area (Å²) in [5, 5.41) is 7.86. The van der Waals surface area contributed by atoms with E-state index in [1.165, 1.54) is 38.5 Å². The van der Waals surface area contributed by atoms with Crippen LogP contribution in [0.4, 0.5) is 0 Å². The Kier molecular flexibility index (Phi) is 13.8. The minimum absolute atomic E-state index is 0.428. The van der Waals surface area contributed by atoms with Gasteiger partial charge in [0.05, 0.1) is 6.61 Å². The molecule has 0 aliphatic rings. The highest BCUT2D eigenvalue weighted by Crippen LogP contribution is 2.08. The first-order valence-electron chi connectivity index (χ1n) is 5.90. The highest BCUT2D eigenvalue weighted by Gasteiger charge is 1.93. The van der Waals surface area contributed by atoms with E-state index in [0.29, 0.717) is 6.61 Å². The van der Waals surface area contributed by atoms with E-state index >= 15 is 0 Å². The van der Waals surface area contributed by atoms with Crippen LogP contribution in [0.5, 0.6) is 0 Å². The van der Waals surface area contributed by atoms with Crippen molar-refractivity contribution >= 4 is 6.47 Å². The van der Waals surface area contributed by atoms with E-state index in [2.05, 4.69) is 26.8 Å². The molecule has 0 unspecified atom stereocenters. The Morgan fingerprint density at radius 2 is 1.50 bits per heavy atom. The van der Waals surface area contributed by atoms with Crippen LogP contribution in [-0.2, 0) is 24.6 Å². The average molecular weight is 233 g/mol. The van der Waals surface area contributed by atoms with Crippen molar-refractivity contribution in [3.8, 4) is 0 Å². The van der Waals surface area contributed by atoms with Gasteiger partial charge in [0.2, 0.25) is 0 Å². The Balaban J connectivity index is 2.85. The van der Waals surface area contributed by atoms with Gasteiger partial charge in [-0.2, -0.15) is 0 Å². The Bertz CT molecular complexity index is 140. The molecule has 0 aliphatic carbocycles. The van der Waals surface area contributed by atoms with Crippen molar-refractivity contribution in [3.63, 3.8) is 0 Å². The van der Waals surface area contributed by atoms with Gasteiger partial charge in [-0.1, -0.05) is 51.9 Å². The molecule has 0 rings (SSSR count). The van der Waals surface area contributed by atoms with Gasteiger partial charge in [0.15, 0.2) is 0 Å². The molecule has 0 atom stereocenters. The molecule has 0 heterocycles. The van der Waals surface area contributed by atoms with Crippen LogP contribution in [0.2, 0.25) is 0 Å². The van der Waals surface area contributed by atoms with Crippen LogP contribution in [0.15, 0.2) is 0 Å². The topological polar surface area (TPSA) is 54.0 Å². The SMILES string of the molecule is CCCCCCCCCCOOOO[C]=O. The number of hydrogen-bond donors (Lipinski definition) is 0. The van der Waals surface area contributed by atoms with E-state index in [4.69, 9.17) is 0 Å². The molecule has 95 valence electrons. The molecule has 0 aromatic rings. The Hall–Kier alpha value is -0.650. The van der Waals surface area contributed by atoms with Gasteiger partial charge in [0, 0.05) is 5.04 Å². The molecule has 0 saturated heterocycles. The first-order chi connectivity index (χ1) is 7.91. The van der Waals surface area contributed by atoms with Gasteiger partial charge in [0.25, 0.3) is 0 Å². The lowest BCUT2D eigenvalue weighted by Gasteiger charge is -2.01. The normalized spacial score (nSPS) is 10.3. The van der Waals surface area contributed by atoms with Gasteiger partial charge in [-0.25, -0.2) is 9.68 Å². The maximum absolute atomic E-state index is 9.48. The van der Waals surface area contributed by atoms with Gasteiger partial charge in [0.1, 0.15) is 0 Å². The third-order valence-corrected chi connectivity index (χ3v) is 2.23. The maximum atomic E-state index is 9.48. The molecule has 0 amide bonds. The monoisotopic (exact) mass is 233 g/mol. The van der Waals surface area contributed by atoms with Crippen LogP contribution >= 0.6 is 0 Å². The Labute approximate surface area is 96.8 Å². The van der Waals surface area contributed by atoms with Crippen LogP contribution in [0.25, 0.3) is 0 Å². The smallest absolute Gasteiger partial charge is 0.253 e. The van der Waals surface area contributed by atoms with Gasteiger partial charge >= 0.3 is 6.47 Å². The van der Waals surface area contributed by atoms with E-state index in [1.54, 1.807) is 0 Å². The second-order valence-corrected chi connectivity index (χ2v) is 3.60. The highest BCUT2D eigenvalue weighted by atomic mass is 17.7. The molecule has 0 aliphatic heterocycles. The molecule has 1 radical (unpaired) electrons. The summed E-state index contributed by atoms with van der Waals surface area (Å²) < 4.78 is 0. The number of carbonyl (C=O) groups excluding carboxylic acids is 1. The molecule has 0 fully saturated rings. The zero-order valence-corrected chi connectivity index (χ0v) is 9.91. The fraction of sp³-hybridized carbons (Fsp3) is 0.909. The molecular formula is C11H21O5. The van der Waals surface area contributed by atoms with Crippen molar-refractivity contribution in [2.45, 2.75) is 58.3 Å². The van der Waals surface area contributed by atoms with Gasteiger partial charge in [-0.3, -0.25) is 4.89 Å². The number of hydrogen-bond acceptors (Lipinski definition) is 5. The van der Waals surface area contributed by atoms with E-state index < -0.39 is 0 Å². The molecule has 0 aromatic carbocycles. The van der Waals surface area contributed by atoms with Gasteiger partial charge in [-0.05, 0) is 11.5 Å². The lowest BCUT2D eigenvalue weighted by Crippen LogP contribution is -1.98. The van der Waals surface area contributed by atoms with Crippen LogP contribution < -0.4 is 0 Å². The van der Waals surface area contributed by atoms with Crippen LogP contribution in [0.1, 0.15) is 58.3 Å². The first-order valence-corrected chi connectivity index (χ1v) is 5.90. The van der Waals surface area contributed by atoms with E-state index in [0.717, 1.165) is 19.3 Å². The predicted octanol–water partition coefficient (Wildman–Crippen LogP) is 3.01. The fourth-order valence-corrected chi connectivity index (χ4v) is 1.38. The molecule has 0 aromatic heterocycles. The maximum Gasteiger partial charge on any atom is 0.456 e. The summed E-state index contributed by atoms with van der Waals surface area (Å²) in [5.41, 5.74) is 0. The lowest BCUT2D eigenvalue weighted by molar-refractivity contribution is -0.613. The van der Waals surface area contributed by atoms with E-state index in [-0.39, 0.29) is 0 Å². The summed E-state index contributed by atoms with van der Waals surface area (Å²) in [4.78, 5) is 17.7. The summed E-state index contributed by atoms with van der Waals surface area (Å²) in [7, 11) is 0. The summed E-state index contributed by atoms with van der Waals surface area (Å²) >= 11 is 0. The van der Waals surface area contributed by atoms with Crippen LogP contribution in [-0.4, -0.2) is 13.1 Å². The zero-order chi connectivity index (χ0) is 11.9. The molecular weight excluding hydrogens is 212 g/mol. The van der Waals surface area contributed by atoms with E-state index in [9.17, 15) is 4.79 Å². The molecule has 5 heteroatoms. The van der Waals surface area contributed by atoms with Crippen molar-refractivity contribution in [1.29, 1.82) is 0 Å².